The lowest BCUT2D eigenvalue weighted by Crippen LogP contribution is -2.41. The molecule has 1 aliphatic heterocycles. The molecule has 1 aliphatic carbocycles. The van der Waals surface area contributed by atoms with Crippen LogP contribution in [0.5, 0.6) is 0 Å². The molecule has 27 heavy (non-hydrogen) atoms. The third-order valence-corrected chi connectivity index (χ3v) is 5.15. The molecule has 0 spiro atoms. The summed E-state index contributed by atoms with van der Waals surface area (Å²) in [6.45, 7) is 5.31. The van der Waals surface area contributed by atoms with Gasteiger partial charge >= 0.3 is 0 Å². The second-order valence-electron chi connectivity index (χ2n) is 8.02. The van der Waals surface area contributed by atoms with E-state index in [1.807, 2.05) is 0 Å². The average molecular weight is 371 g/mol. The van der Waals surface area contributed by atoms with Gasteiger partial charge in [0, 0.05) is 31.6 Å². The Morgan fingerprint density at radius 2 is 2.15 bits per heavy atom. The molecule has 8 nitrogen and oxygen atoms in total. The highest BCUT2D eigenvalue weighted by Crippen LogP contribution is 2.37. The standard InChI is InChI=1S/C19H25N5O3/c1-11(2)8-15-21-18(27-23-15)13-4-3-7-24(10-13)19(26)14-9-20-16(12-5-6-12)22-17(14)25/h9,11-13H,3-8,10H2,1-2H3,(H,20,22,25). The first-order valence-electron chi connectivity index (χ1n) is 9.72. The maximum absolute atomic E-state index is 12.8. The second kappa shape index (κ2) is 7.25. The molecule has 2 fully saturated rings. The monoisotopic (exact) mass is 371 g/mol. The minimum absolute atomic E-state index is 0.00823. The maximum Gasteiger partial charge on any atom is 0.263 e. The van der Waals surface area contributed by atoms with Gasteiger partial charge in [0.1, 0.15) is 11.4 Å². The Morgan fingerprint density at radius 1 is 1.33 bits per heavy atom. The number of carbonyl (C=O) groups excluding carboxylic acids is 1. The number of H-pyrrole nitrogens is 1. The van der Waals surface area contributed by atoms with Crippen LogP contribution >= 0.6 is 0 Å². The van der Waals surface area contributed by atoms with E-state index in [0.29, 0.717) is 42.5 Å². The molecule has 1 atom stereocenters. The SMILES string of the molecule is CC(C)Cc1noc(C2CCCN(C(=O)c3cnc(C4CC4)[nH]c3=O)C2)n1. The number of carbonyl (C=O) groups is 1. The zero-order valence-electron chi connectivity index (χ0n) is 15.8. The molecule has 1 saturated carbocycles. The minimum atomic E-state index is -0.351. The number of amides is 1. The summed E-state index contributed by atoms with van der Waals surface area (Å²) >= 11 is 0. The van der Waals surface area contributed by atoms with Gasteiger partial charge in [-0.2, -0.15) is 4.98 Å². The maximum atomic E-state index is 12.8. The van der Waals surface area contributed by atoms with Crippen LogP contribution in [-0.2, 0) is 6.42 Å². The van der Waals surface area contributed by atoms with Crippen LogP contribution < -0.4 is 5.56 Å². The number of piperidine rings is 1. The van der Waals surface area contributed by atoms with Gasteiger partial charge in [-0.3, -0.25) is 9.59 Å². The first kappa shape index (κ1) is 17.9. The summed E-state index contributed by atoms with van der Waals surface area (Å²) in [4.78, 5) is 38.4. The normalized spacial score (nSPS) is 20.3. The number of nitrogens with zero attached hydrogens (tertiary/aromatic N) is 4. The predicted octanol–water partition coefficient (Wildman–Crippen LogP) is 2.25. The van der Waals surface area contributed by atoms with Crippen LogP contribution in [0.25, 0.3) is 0 Å². The summed E-state index contributed by atoms with van der Waals surface area (Å²) in [7, 11) is 0. The highest BCUT2D eigenvalue weighted by atomic mass is 16.5. The average Bonchev–Trinajstić information content (AvgIpc) is 3.40. The molecule has 4 rings (SSSR count). The van der Waals surface area contributed by atoms with E-state index >= 15 is 0 Å². The number of likely N-dealkylation sites (tertiary alicyclic amines) is 1. The molecule has 1 unspecified atom stereocenters. The van der Waals surface area contributed by atoms with Gasteiger partial charge in [-0.15, -0.1) is 0 Å². The van der Waals surface area contributed by atoms with Crippen LogP contribution in [-0.4, -0.2) is 44.0 Å². The van der Waals surface area contributed by atoms with Crippen molar-refractivity contribution in [2.24, 2.45) is 5.92 Å². The molecule has 1 saturated heterocycles. The third-order valence-electron chi connectivity index (χ3n) is 5.15. The summed E-state index contributed by atoms with van der Waals surface area (Å²) in [6, 6.07) is 0. The topological polar surface area (TPSA) is 105 Å². The zero-order valence-corrected chi connectivity index (χ0v) is 15.8. The Balaban J connectivity index is 1.47. The Kier molecular flexibility index (Phi) is 4.80. The largest absolute Gasteiger partial charge is 0.339 e. The summed E-state index contributed by atoms with van der Waals surface area (Å²) in [5.74, 6) is 2.51. The Labute approximate surface area is 157 Å². The molecule has 3 heterocycles. The van der Waals surface area contributed by atoms with E-state index in [1.165, 1.54) is 6.20 Å². The molecule has 0 bridgehead atoms. The van der Waals surface area contributed by atoms with Gasteiger partial charge in [0.2, 0.25) is 5.89 Å². The smallest absolute Gasteiger partial charge is 0.263 e. The first-order chi connectivity index (χ1) is 13.0. The Bertz CT molecular complexity index is 883. The van der Waals surface area contributed by atoms with E-state index in [1.54, 1.807) is 4.90 Å². The van der Waals surface area contributed by atoms with Crippen molar-refractivity contribution in [1.82, 2.24) is 25.0 Å². The molecule has 0 radical (unpaired) electrons. The van der Waals surface area contributed by atoms with Crippen LogP contribution in [0.3, 0.4) is 0 Å². The Hall–Kier alpha value is -2.51. The molecule has 2 aromatic heterocycles. The highest BCUT2D eigenvalue weighted by Gasteiger charge is 2.31. The van der Waals surface area contributed by atoms with E-state index < -0.39 is 0 Å². The fraction of sp³-hybridized carbons (Fsp3) is 0.632. The van der Waals surface area contributed by atoms with E-state index in [0.717, 1.165) is 32.1 Å². The lowest BCUT2D eigenvalue weighted by molar-refractivity contribution is 0.0693. The van der Waals surface area contributed by atoms with Crippen molar-refractivity contribution in [3.8, 4) is 0 Å². The molecule has 1 amide bonds. The van der Waals surface area contributed by atoms with Crippen molar-refractivity contribution in [2.75, 3.05) is 13.1 Å². The molecule has 0 aromatic carbocycles. The minimum Gasteiger partial charge on any atom is -0.339 e. The van der Waals surface area contributed by atoms with Crippen LogP contribution in [0.15, 0.2) is 15.5 Å². The molecule has 2 aromatic rings. The van der Waals surface area contributed by atoms with Gasteiger partial charge in [-0.05, 0) is 31.6 Å². The highest BCUT2D eigenvalue weighted by molar-refractivity contribution is 5.93. The predicted molar refractivity (Wildman–Crippen MR) is 97.6 cm³/mol. The molecule has 2 aliphatic rings. The van der Waals surface area contributed by atoms with E-state index in [9.17, 15) is 9.59 Å². The summed E-state index contributed by atoms with van der Waals surface area (Å²) < 4.78 is 5.43. The fourth-order valence-electron chi connectivity index (χ4n) is 3.54. The van der Waals surface area contributed by atoms with E-state index in [-0.39, 0.29) is 22.9 Å². The van der Waals surface area contributed by atoms with Crippen LogP contribution in [0, 0.1) is 5.92 Å². The lowest BCUT2D eigenvalue weighted by Gasteiger charge is -2.30. The van der Waals surface area contributed by atoms with Gasteiger partial charge in [-0.1, -0.05) is 19.0 Å². The van der Waals surface area contributed by atoms with Crippen LogP contribution in [0.4, 0.5) is 0 Å². The van der Waals surface area contributed by atoms with Gasteiger partial charge in [0.15, 0.2) is 5.82 Å². The third kappa shape index (κ3) is 3.94. The van der Waals surface area contributed by atoms with Crippen molar-refractivity contribution >= 4 is 5.91 Å². The number of hydrogen-bond donors (Lipinski definition) is 1. The van der Waals surface area contributed by atoms with Crippen molar-refractivity contribution in [2.45, 2.75) is 57.8 Å². The van der Waals surface area contributed by atoms with Crippen molar-refractivity contribution in [1.29, 1.82) is 0 Å². The van der Waals surface area contributed by atoms with Crippen molar-refractivity contribution in [3.63, 3.8) is 0 Å². The lowest BCUT2D eigenvalue weighted by atomic mass is 9.97. The summed E-state index contributed by atoms with van der Waals surface area (Å²) in [5, 5.41) is 4.05. The molecule has 1 N–H and O–H groups in total. The van der Waals surface area contributed by atoms with Crippen LogP contribution in [0.2, 0.25) is 0 Å². The quantitative estimate of drug-likeness (QED) is 0.864. The molecular weight excluding hydrogens is 346 g/mol. The van der Waals surface area contributed by atoms with Gasteiger partial charge in [-0.25, -0.2) is 4.98 Å². The van der Waals surface area contributed by atoms with E-state index in [4.69, 9.17) is 4.52 Å². The number of aromatic amines is 1. The molecular formula is C19H25N5O3. The first-order valence-corrected chi connectivity index (χ1v) is 9.72. The summed E-state index contributed by atoms with van der Waals surface area (Å²) in [5.41, 5.74) is -0.248. The van der Waals surface area contributed by atoms with Gasteiger partial charge in [0.25, 0.3) is 11.5 Å². The number of rotatable bonds is 5. The zero-order chi connectivity index (χ0) is 19.0. The fourth-order valence-corrected chi connectivity index (χ4v) is 3.54. The van der Waals surface area contributed by atoms with Crippen molar-refractivity contribution in [3.05, 3.63) is 39.7 Å². The van der Waals surface area contributed by atoms with Crippen molar-refractivity contribution < 1.29 is 9.32 Å². The molecule has 144 valence electrons. The summed E-state index contributed by atoms with van der Waals surface area (Å²) in [6.07, 6.45) is 6.02. The Morgan fingerprint density at radius 3 is 2.85 bits per heavy atom. The number of hydrogen-bond acceptors (Lipinski definition) is 6. The number of aromatic nitrogens is 4. The van der Waals surface area contributed by atoms with Gasteiger partial charge < -0.3 is 14.4 Å². The second-order valence-corrected chi connectivity index (χ2v) is 8.02. The molecule has 8 heteroatoms. The number of nitrogens with one attached hydrogen (secondary N) is 1. The van der Waals surface area contributed by atoms with Crippen LogP contribution in [0.1, 0.15) is 79.3 Å². The van der Waals surface area contributed by atoms with E-state index in [2.05, 4.69) is 34.0 Å². The van der Waals surface area contributed by atoms with Gasteiger partial charge in [0.05, 0.1) is 5.92 Å².